The van der Waals surface area contributed by atoms with Crippen molar-refractivity contribution >= 4 is 0 Å². The summed E-state index contributed by atoms with van der Waals surface area (Å²) in [6.07, 6.45) is -7.10. The lowest BCUT2D eigenvalue weighted by Crippen LogP contribution is -2.52. The summed E-state index contributed by atoms with van der Waals surface area (Å²) < 4.78 is 11.2. The Morgan fingerprint density at radius 2 is 1.80 bits per heavy atom. The normalized spacial score (nSPS) is 58.0. The SMILES string of the molecule is [2H]C1(O)OC[C@@H](O)[C@@H](O)[C@H]1O. The molecule has 60 valence electrons. The Morgan fingerprint density at radius 3 is 2.30 bits per heavy atom. The van der Waals surface area contributed by atoms with E-state index in [1.807, 2.05) is 0 Å². The molecule has 4 N–H and O–H groups in total. The molecule has 1 heterocycles. The van der Waals surface area contributed by atoms with Gasteiger partial charge in [0.25, 0.3) is 0 Å². The number of hydrogen-bond donors (Lipinski definition) is 4. The average molecular weight is 151 g/mol. The fourth-order valence-electron chi connectivity index (χ4n) is 0.711. The summed E-state index contributed by atoms with van der Waals surface area (Å²) in [7, 11) is 0. The summed E-state index contributed by atoms with van der Waals surface area (Å²) in [6, 6.07) is 0. The molecule has 1 aliphatic heterocycles. The van der Waals surface area contributed by atoms with Gasteiger partial charge >= 0.3 is 0 Å². The van der Waals surface area contributed by atoms with Crippen molar-refractivity contribution < 1.29 is 26.5 Å². The third-order valence-corrected chi connectivity index (χ3v) is 1.37. The minimum atomic E-state index is -2.52. The van der Waals surface area contributed by atoms with Crippen LogP contribution in [0.1, 0.15) is 1.37 Å². The molecular weight excluding hydrogens is 140 g/mol. The lowest BCUT2D eigenvalue weighted by Gasteiger charge is -2.31. The molecule has 0 saturated carbocycles. The van der Waals surface area contributed by atoms with Gasteiger partial charge in [-0.2, -0.15) is 0 Å². The van der Waals surface area contributed by atoms with Gasteiger partial charge in [0, 0.05) is 0 Å². The van der Waals surface area contributed by atoms with Crippen LogP contribution in [0.3, 0.4) is 0 Å². The minimum Gasteiger partial charge on any atom is -0.388 e. The van der Waals surface area contributed by atoms with Crippen molar-refractivity contribution in [2.75, 3.05) is 6.61 Å². The summed E-state index contributed by atoms with van der Waals surface area (Å²) in [5, 5.41) is 35.5. The summed E-state index contributed by atoms with van der Waals surface area (Å²) in [6.45, 7) is -0.363. The number of aliphatic hydroxyl groups is 4. The fraction of sp³-hybridized carbons (Fsp3) is 1.00. The van der Waals surface area contributed by atoms with Gasteiger partial charge in [0.15, 0.2) is 6.27 Å². The van der Waals surface area contributed by atoms with E-state index in [2.05, 4.69) is 4.74 Å². The predicted molar refractivity (Wildman–Crippen MR) is 30.0 cm³/mol. The second kappa shape index (κ2) is 2.81. The quantitative estimate of drug-likeness (QED) is 0.305. The molecule has 1 unspecified atom stereocenters. The maximum atomic E-state index is 8.92. The molecule has 1 rings (SSSR count). The predicted octanol–water partition coefficient (Wildman–Crippen LogP) is -2.58. The van der Waals surface area contributed by atoms with Gasteiger partial charge in [0.1, 0.15) is 18.3 Å². The minimum absolute atomic E-state index is 0.363. The summed E-state index contributed by atoms with van der Waals surface area (Å²) in [4.78, 5) is 0. The van der Waals surface area contributed by atoms with Crippen LogP contribution in [0.25, 0.3) is 0 Å². The standard InChI is InChI=1S/C5H10O5/c6-2-1-10-5(9)4(8)3(2)7/h2-9H,1H2/t2-,3-,4-,5?/m1/s1/i5D. The molecule has 0 aromatic heterocycles. The summed E-state index contributed by atoms with van der Waals surface area (Å²) in [5.41, 5.74) is 0. The summed E-state index contributed by atoms with van der Waals surface area (Å²) >= 11 is 0. The van der Waals surface area contributed by atoms with Crippen molar-refractivity contribution in [2.45, 2.75) is 24.6 Å². The van der Waals surface area contributed by atoms with E-state index in [1.165, 1.54) is 0 Å². The Labute approximate surface area is 58.9 Å². The van der Waals surface area contributed by atoms with Crippen molar-refractivity contribution in [1.29, 1.82) is 0 Å². The van der Waals surface area contributed by atoms with Crippen molar-refractivity contribution in [3.63, 3.8) is 0 Å². The highest BCUT2D eigenvalue weighted by Crippen LogP contribution is 2.12. The zero-order valence-electron chi connectivity index (χ0n) is 6.14. The van der Waals surface area contributed by atoms with E-state index < -0.39 is 24.6 Å². The first-order valence-electron chi connectivity index (χ1n) is 3.35. The monoisotopic (exact) mass is 151 g/mol. The number of hydrogen-bond acceptors (Lipinski definition) is 5. The van der Waals surface area contributed by atoms with Crippen LogP contribution in [-0.4, -0.2) is 51.6 Å². The van der Waals surface area contributed by atoms with Crippen LogP contribution in [0, 0.1) is 0 Å². The van der Waals surface area contributed by atoms with Crippen LogP contribution in [0.5, 0.6) is 0 Å². The van der Waals surface area contributed by atoms with Gasteiger partial charge in [-0.15, -0.1) is 0 Å². The third kappa shape index (κ3) is 1.28. The Kier molecular flexibility index (Phi) is 1.83. The van der Waals surface area contributed by atoms with E-state index in [9.17, 15) is 0 Å². The number of aliphatic hydroxyl groups excluding tert-OH is 3. The van der Waals surface area contributed by atoms with E-state index >= 15 is 0 Å². The lowest BCUT2D eigenvalue weighted by molar-refractivity contribution is -0.252. The second-order valence-electron chi connectivity index (χ2n) is 2.15. The highest BCUT2D eigenvalue weighted by Gasteiger charge is 2.36. The molecule has 1 fully saturated rings. The first kappa shape index (κ1) is 6.51. The van der Waals surface area contributed by atoms with Crippen LogP contribution in [0.4, 0.5) is 0 Å². The van der Waals surface area contributed by atoms with E-state index in [0.29, 0.717) is 0 Å². The van der Waals surface area contributed by atoms with Gasteiger partial charge in [-0.25, -0.2) is 0 Å². The molecule has 0 spiro atoms. The maximum Gasteiger partial charge on any atom is 0.183 e. The van der Waals surface area contributed by atoms with Gasteiger partial charge in [-0.3, -0.25) is 0 Å². The van der Waals surface area contributed by atoms with Gasteiger partial charge < -0.3 is 25.2 Å². The molecule has 5 heteroatoms. The zero-order chi connectivity index (χ0) is 8.65. The number of ether oxygens (including phenoxy) is 1. The van der Waals surface area contributed by atoms with Crippen molar-refractivity contribution in [3.8, 4) is 0 Å². The van der Waals surface area contributed by atoms with Gasteiger partial charge in [-0.05, 0) is 0 Å². The molecule has 0 aromatic rings. The first-order valence-corrected chi connectivity index (χ1v) is 2.85. The molecule has 1 aliphatic rings. The molecule has 5 nitrogen and oxygen atoms in total. The van der Waals surface area contributed by atoms with Crippen molar-refractivity contribution in [2.24, 2.45) is 0 Å². The van der Waals surface area contributed by atoms with Crippen LogP contribution in [0.15, 0.2) is 0 Å². The van der Waals surface area contributed by atoms with Gasteiger partial charge in [-0.1, -0.05) is 0 Å². The topological polar surface area (TPSA) is 90.2 Å². The van der Waals surface area contributed by atoms with Crippen LogP contribution in [0.2, 0.25) is 0 Å². The first-order chi connectivity index (χ1) is 4.95. The third-order valence-electron chi connectivity index (χ3n) is 1.37. The van der Waals surface area contributed by atoms with Crippen LogP contribution in [-0.2, 0) is 4.74 Å². The molecule has 0 aromatic carbocycles. The highest BCUT2D eigenvalue weighted by molar-refractivity contribution is 4.81. The van der Waals surface area contributed by atoms with Crippen LogP contribution < -0.4 is 0 Å². The molecule has 4 atom stereocenters. The summed E-state index contributed by atoms with van der Waals surface area (Å²) in [5.74, 6) is 0. The van der Waals surface area contributed by atoms with Crippen LogP contribution >= 0.6 is 0 Å². The Bertz CT molecular complexity index is 150. The number of rotatable bonds is 0. The highest BCUT2D eigenvalue weighted by atomic mass is 16.6. The Balaban J connectivity index is 2.67. The zero-order valence-corrected chi connectivity index (χ0v) is 5.14. The maximum absolute atomic E-state index is 8.92. The average Bonchev–Trinajstić information content (AvgIpc) is 1.95. The molecule has 10 heavy (non-hydrogen) atoms. The van der Waals surface area contributed by atoms with Crippen molar-refractivity contribution in [3.05, 3.63) is 0 Å². The lowest BCUT2D eigenvalue weighted by atomic mass is 10.1. The van der Waals surface area contributed by atoms with E-state index in [0.717, 1.165) is 0 Å². The molecule has 0 aliphatic carbocycles. The Hall–Kier alpha value is -0.200. The molecule has 1 saturated heterocycles. The molecule has 0 bridgehead atoms. The fourth-order valence-corrected chi connectivity index (χ4v) is 0.711. The van der Waals surface area contributed by atoms with E-state index in [4.69, 9.17) is 21.8 Å². The van der Waals surface area contributed by atoms with Crippen molar-refractivity contribution in [1.82, 2.24) is 0 Å². The van der Waals surface area contributed by atoms with E-state index in [1.54, 1.807) is 0 Å². The largest absolute Gasteiger partial charge is 0.388 e. The smallest absolute Gasteiger partial charge is 0.183 e. The van der Waals surface area contributed by atoms with Gasteiger partial charge in [0.2, 0.25) is 0 Å². The second-order valence-corrected chi connectivity index (χ2v) is 2.15. The molecular formula is C5H10O5. The van der Waals surface area contributed by atoms with E-state index in [-0.39, 0.29) is 6.61 Å². The van der Waals surface area contributed by atoms with Gasteiger partial charge in [0.05, 0.1) is 7.98 Å². The molecule has 0 amide bonds. The molecule has 0 radical (unpaired) electrons. The Morgan fingerprint density at radius 1 is 1.20 bits per heavy atom.